The summed E-state index contributed by atoms with van der Waals surface area (Å²) < 4.78 is 4.97. The second kappa shape index (κ2) is 8.22. The lowest BCUT2D eigenvalue weighted by Gasteiger charge is -2.33. The number of aromatic amines is 1. The first kappa shape index (κ1) is 18.9. The molecule has 3 rings (SSSR count). The Kier molecular flexibility index (Phi) is 5.75. The molecule has 0 aliphatic carbocycles. The van der Waals surface area contributed by atoms with Crippen molar-refractivity contribution in [3.8, 4) is 11.3 Å². The zero-order chi connectivity index (χ0) is 19.4. The summed E-state index contributed by atoms with van der Waals surface area (Å²) in [4.78, 5) is 46.0. The van der Waals surface area contributed by atoms with E-state index < -0.39 is 5.69 Å². The molecule has 0 atom stereocenters. The van der Waals surface area contributed by atoms with Crippen molar-refractivity contribution in [1.29, 1.82) is 0 Å². The molecule has 1 fully saturated rings. The minimum Gasteiger partial charge on any atom is -0.450 e. The van der Waals surface area contributed by atoms with Crippen molar-refractivity contribution in [1.82, 2.24) is 19.8 Å². The highest BCUT2D eigenvalue weighted by molar-refractivity contribution is 6.30. The second-order valence-corrected chi connectivity index (χ2v) is 6.41. The third-order valence-electron chi connectivity index (χ3n) is 4.21. The fourth-order valence-corrected chi connectivity index (χ4v) is 2.94. The fraction of sp³-hybridized carbons (Fsp3) is 0.333. The van der Waals surface area contributed by atoms with Crippen LogP contribution in [0.25, 0.3) is 11.3 Å². The van der Waals surface area contributed by atoms with E-state index in [1.165, 1.54) is 0 Å². The van der Waals surface area contributed by atoms with Gasteiger partial charge in [-0.1, -0.05) is 23.7 Å². The molecule has 1 saturated heterocycles. The van der Waals surface area contributed by atoms with Gasteiger partial charge in [-0.25, -0.2) is 9.59 Å². The van der Waals surface area contributed by atoms with Gasteiger partial charge in [-0.05, 0) is 25.1 Å². The van der Waals surface area contributed by atoms with Gasteiger partial charge in [0.15, 0.2) is 0 Å². The molecular weight excluding hydrogens is 372 g/mol. The average Bonchev–Trinajstić information content (AvgIpc) is 2.68. The summed E-state index contributed by atoms with van der Waals surface area (Å²) >= 11 is 5.88. The third-order valence-corrected chi connectivity index (χ3v) is 4.46. The van der Waals surface area contributed by atoms with E-state index in [1.807, 2.05) is 0 Å². The van der Waals surface area contributed by atoms with Gasteiger partial charge in [-0.2, -0.15) is 4.98 Å². The Morgan fingerprint density at radius 1 is 1.15 bits per heavy atom. The Balaban J connectivity index is 1.75. The molecule has 0 bridgehead atoms. The largest absolute Gasteiger partial charge is 0.450 e. The number of amides is 2. The number of piperazine rings is 1. The summed E-state index contributed by atoms with van der Waals surface area (Å²) in [7, 11) is 0. The van der Waals surface area contributed by atoms with Crippen molar-refractivity contribution in [3.63, 3.8) is 0 Å². The van der Waals surface area contributed by atoms with Crippen LogP contribution in [0, 0.1) is 0 Å². The Morgan fingerprint density at radius 2 is 1.78 bits per heavy atom. The van der Waals surface area contributed by atoms with E-state index in [1.54, 1.807) is 47.1 Å². The van der Waals surface area contributed by atoms with Crippen molar-refractivity contribution in [3.05, 3.63) is 51.5 Å². The molecule has 2 amide bonds. The van der Waals surface area contributed by atoms with Crippen LogP contribution in [0.15, 0.2) is 35.1 Å². The van der Waals surface area contributed by atoms with E-state index in [9.17, 15) is 14.4 Å². The van der Waals surface area contributed by atoms with Gasteiger partial charge in [0.1, 0.15) is 5.69 Å². The number of hydrogen-bond donors (Lipinski definition) is 1. The molecule has 1 aliphatic heterocycles. The van der Waals surface area contributed by atoms with E-state index in [2.05, 4.69) is 9.97 Å². The predicted octanol–water partition coefficient (Wildman–Crippen LogP) is 2.00. The number of aromatic nitrogens is 2. The monoisotopic (exact) mass is 390 g/mol. The number of carbonyl (C=O) groups excluding carboxylic acids is 2. The van der Waals surface area contributed by atoms with Gasteiger partial charge in [0.25, 0.3) is 5.91 Å². The molecule has 9 heteroatoms. The van der Waals surface area contributed by atoms with Crippen LogP contribution in [0.5, 0.6) is 0 Å². The molecule has 0 radical (unpaired) electrons. The molecule has 1 aliphatic rings. The lowest BCUT2D eigenvalue weighted by Crippen LogP contribution is -2.51. The maximum atomic E-state index is 12.8. The highest BCUT2D eigenvalue weighted by Gasteiger charge is 2.26. The molecule has 1 aromatic heterocycles. The first-order valence-electron chi connectivity index (χ1n) is 8.56. The van der Waals surface area contributed by atoms with Gasteiger partial charge >= 0.3 is 11.8 Å². The van der Waals surface area contributed by atoms with Crippen LogP contribution in [0.4, 0.5) is 4.79 Å². The summed E-state index contributed by atoms with van der Waals surface area (Å²) in [5, 5.41) is 0.569. The number of nitrogens with zero attached hydrogens (tertiary/aromatic N) is 3. The summed E-state index contributed by atoms with van der Waals surface area (Å²) in [5.74, 6) is -0.312. The second-order valence-electron chi connectivity index (χ2n) is 5.97. The number of ether oxygens (including phenoxy) is 1. The van der Waals surface area contributed by atoms with Gasteiger partial charge < -0.3 is 19.5 Å². The highest BCUT2D eigenvalue weighted by Crippen LogP contribution is 2.19. The number of carbonyl (C=O) groups is 2. The van der Waals surface area contributed by atoms with Gasteiger partial charge in [0.05, 0.1) is 12.3 Å². The van der Waals surface area contributed by atoms with Gasteiger partial charge in [-0.3, -0.25) is 4.79 Å². The van der Waals surface area contributed by atoms with Crippen LogP contribution in [0.1, 0.15) is 17.4 Å². The lowest BCUT2D eigenvalue weighted by molar-refractivity contribution is 0.0565. The van der Waals surface area contributed by atoms with Crippen LogP contribution >= 0.6 is 11.6 Å². The minimum atomic E-state index is -0.601. The van der Waals surface area contributed by atoms with Crippen LogP contribution in [-0.4, -0.2) is 64.6 Å². The Morgan fingerprint density at radius 3 is 2.41 bits per heavy atom. The quantitative estimate of drug-likeness (QED) is 0.864. The SMILES string of the molecule is CCOC(=O)N1CCN(C(=O)c2cc(-c3ccc(Cl)cc3)nc(=O)[nH]2)CC1. The molecular formula is C18H19ClN4O4. The maximum Gasteiger partial charge on any atom is 0.409 e. The zero-order valence-electron chi connectivity index (χ0n) is 14.8. The maximum absolute atomic E-state index is 12.8. The van der Waals surface area contributed by atoms with Crippen molar-refractivity contribution >= 4 is 23.6 Å². The molecule has 2 aromatic rings. The molecule has 8 nitrogen and oxygen atoms in total. The molecule has 1 N–H and O–H groups in total. The van der Waals surface area contributed by atoms with Crippen LogP contribution < -0.4 is 5.69 Å². The summed E-state index contributed by atoms with van der Waals surface area (Å²) in [6.07, 6.45) is -0.382. The summed E-state index contributed by atoms with van der Waals surface area (Å²) in [6, 6.07) is 8.39. The van der Waals surface area contributed by atoms with Crippen LogP contribution in [-0.2, 0) is 4.74 Å². The summed E-state index contributed by atoms with van der Waals surface area (Å²) in [6.45, 7) is 3.53. The van der Waals surface area contributed by atoms with Crippen molar-refractivity contribution in [2.24, 2.45) is 0 Å². The predicted molar refractivity (Wildman–Crippen MR) is 99.8 cm³/mol. The number of nitrogens with one attached hydrogen (secondary N) is 1. The van der Waals surface area contributed by atoms with Gasteiger partial charge in [0.2, 0.25) is 0 Å². The Bertz CT molecular complexity index is 889. The molecule has 0 saturated carbocycles. The third kappa shape index (κ3) is 4.46. The Hall–Kier alpha value is -2.87. The van der Waals surface area contributed by atoms with Crippen molar-refractivity contribution in [2.75, 3.05) is 32.8 Å². The van der Waals surface area contributed by atoms with E-state index >= 15 is 0 Å². The molecule has 0 unspecified atom stereocenters. The first-order chi connectivity index (χ1) is 13.0. The first-order valence-corrected chi connectivity index (χ1v) is 8.94. The van der Waals surface area contributed by atoms with E-state index in [-0.39, 0.29) is 17.7 Å². The smallest absolute Gasteiger partial charge is 0.409 e. The molecule has 27 heavy (non-hydrogen) atoms. The van der Waals surface area contributed by atoms with Crippen LogP contribution in [0.2, 0.25) is 5.02 Å². The minimum absolute atomic E-state index is 0.157. The number of hydrogen-bond acceptors (Lipinski definition) is 5. The molecule has 2 heterocycles. The normalized spacial score (nSPS) is 14.1. The average molecular weight is 391 g/mol. The summed E-state index contributed by atoms with van der Waals surface area (Å²) in [5.41, 5.74) is 0.635. The van der Waals surface area contributed by atoms with Gasteiger partial charge in [-0.15, -0.1) is 0 Å². The van der Waals surface area contributed by atoms with Crippen LogP contribution in [0.3, 0.4) is 0 Å². The molecule has 142 valence electrons. The van der Waals surface area contributed by atoms with Crippen molar-refractivity contribution < 1.29 is 14.3 Å². The van der Waals surface area contributed by atoms with Crippen molar-refractivity contribution in [2.45, 2.75) is 6.92 Å². The fourth-order valence-electron chi connectivity index (χ4n) is 2.82. The standard InChI is InChI=1S/C18H19ClN4O4/c1-2-27-18(26)23-9-7-22(8-10-23)16(24)15-11-14(20-17(25)21-15)12-3-5-13(19)6-4-12/h3-6,11H,2,7-10H2,1H3,(H,20,21,25). The highest BCUT2D eigenvalue weighted by atomic mass is 35.5. The number of rotatable bonds is 3. The zero-order valence-corrected chi connectivity index (χ0v) is 15.5. The Labute approximate surface area is 160 Å². The van der Waals surface area contributed by atoms with E-state index in [4.69, 9.17) is 16.3 Å². The van der Waals surface area contributed by atoms with E-state index in [0.717, 1.165) is 0 Å². The molecule has 0 spiro atoms. The van der Waals surface area contributed by atoms with E-state index in [0.29, 0.717) is 49.1 Å². The lowest BCUT2D eigenvalue weighted by atomic mass is 10.1. The molecule has 1 aromatic carbocycles. The number of H-pyrrole nitrogens is 1. The topological polar surface area (TPSA) is 95.6 Å². The number of benzene rings is 1. The van der Waals surface area contributed by atoms with Gasteiger partial charge in [0, 0.05) is 36.8 Å². The number of halogens is 1.